The van der Waals surface area contributed by atoms with E-state index in [1.54, 1.807) is 17.1 Å². The maximum absolute atomic E-state index is 13.0. The van der Waals surface area contributed by atoms with Gasteiger partial charge in [-0.15, -0.1) is 0 Å². The Balaban J connectivity index is 1.80. The van der Waals surface area contributed by atoms with Crippen LogP contribution in [0.15, 0.2) is 23.2 Å². The maximum Gasteiger partial charge on any atom is 0.407 e. The van der Waals surface area contributed by atoms with Gasteiger partial charge in [0.15, 0.2) is 14.1 Å². The van der Waals surface area contributed by atoms with Crippen molar-refractivity contribution in [2.24, 2.45) is 0 Å². The van der Waals surface area contributed by atoms with Crippen molar-refractivity contribution in [3.8, 4) is 0 Å². The molecule has 0 spiro atoms. The number of imidazole rings is 1. The highest BCUT2D eigenvalue weighted by atomic mass is 79.9. The number of carboxylic acid groups (broad SMARTS) is 1. The molecule has 10 heteroatoms. The summed E-state index contributed by atoms with van der Waals surface area (Å²) < 4.78 is 9.01. The fourth-order valence-corrected chi connectivity index (χ4v) is 5.58. The second-order valence-electron chi connectivity index (χ2n) is 9.69. The molecule has 0 unspecified atom stereocenters. The number of fused-ring (bicyclic) bond motifs is 1. The Morgan fingerprint density at radius 3 is 2.68 bits per heavy atom. The van der Waals surface area contributed by atoms with Gasteiger partial charge in [-0.1, -0.05) is 20.8 Å². The van der Waals surface area contributed by atoms with Crippen molar-refractivity contribution < 1.29 is 19.1 Å². The molecule has 3 rings (SSSR count). The molecule has 2 aromatic heterocycles. The van der Waals surface area contributed by atoms with E-state index in [1.807, 2.05) is 6.07 Å². The number of likely N-dealkylation sites (tertiary alicyclic amines) is 1. The third-order valence-corrected chi connectivity index (χ3v) is 11.6. The Morgan fingerprint density at radius 2 is 2.03 bits per heavy atom. The van der Waals surface area contributed by atoms with E-state index in [0.29, 0.717) is 16.7 Å². The number of ketones is 1. The van der Waals surface area contributed by atoms with E-state index in [4.69, 9.17) is 4.43 Å². The van der Waals surface area contributed by atoms with Crippen molar-refractivity contribution >= 4 is 47.2 Å². The first-order valence-electron chi connectivity index (χ1n) is 10.5. The largest absolute Gasteiger partial charge is 0.465 e. The summed E-state index contributed by atoms with van der Waals surface area (Å²) in [7, 11) is -2.11. The van der Waals surface area contributed by atoms with Crippen LogP contribution in [0.25, 0.3) is 11.0 Å². The number of nitrogens with zero attached hydrogens (tertiary/aromatic N) is 4. The van der Waals surface area contributed by atoms with Crippen molar-refractivity contribution in [3.05, 3.63) is 23.2 Å². The third-order valence-electron chi connectivity index (χ3n) is 6.49. The molecule has 0 saturated carbocycles. The summed E-state index contributed by atoms with van der Waals surface area (Å²) in [6.45, 7) is 11.4. The first-order valence-corrected chi connectivity index (χ1v) is 14.3. The topological polar surface area (TPSA) is 97.6 Å². The molecular weight excluding hydrogens is 480 g/mol. The molecule has 1 fully saturated rings. The number of piperidine rings is 1. The zero-order valence-electron chi connectivity index (χ0n) is 18.8. The number of Topliss-reactive ketones (excluding diaryl/α,β-unsaturated/α-hetero) is 1. The van der Waals surface area contributed by atoms with Gasteiger partial charge in [0.1, 0.15) is 10.1 Å². The molecule has 8 nitrogen and oxygen atoms in total. The van der Waals surface area contributed by atoms with Crippen LogP contribution in [-0.4, -0.2) is 63.4 Å². The Hall–Kier alpha value is -1.78. The summed E-state index contributed by atoms with van der Waals surface area (Å²) >= 11 is 3.38. The molecule has 2 aromatic rings. The van der Waals surface area contributed by atoms with Crippen LogP contribution < -0.4 is 0 Å². The quantitative estimate of drug-likeness (QED) is 0.447. The fourth-order valence-electron chi connectivity index (χ4n) is 3.77. The van der Waals surface area contributed by atoms with Gasteiger partial charge in [-0.25, -0.2) is 14.8 Å². The fraction of sp³-hybridized carbons (Fsp3) is 0.619. The number of rotatable bonds is 6. The molecule has 3 heterocycles. The molecule has 0 aromatic carbocycles. The molecule has 0 radical (unpaired) electrons. The van der Waals surface area contributed by atoms with Gasteiger partial charge in [0.2, 0.25) is 0 Å². The number of halogens is 1. The highest BCUT2D eigenvalue weighted by Gasteiger charge is 2.44. The molecule has 1 aliphatic heterocycles. The van der Waals surface area contributed by atoms with Crippen LogP contribution in [0, 0.1) is 0 Å². The first kappa shape index (κ1) is 23.9. The lowest BCUT2D eigenvalue weighted by atomic mass is 9.95. The number of hydrogen-bond acceptors (Lipinski definition) is 5. The predicted octanol–water partition coefficient (Wildman–Crippen LogP) is 4.69. The zero-order chi connectivity index (χ0) is 23.0. The highest BCUT2D eigenvalue weighted by Crippen LogP contribution is 2.39. The summed E-state index contributed by atoms with van der Waals surface area (Å²) in [6.07, 6.45) is 3.64. The summed E-state index contributed by atoms with van der Waals surface area (Å²) in [5.74, 6) is -0.0470. The summed E-state index contributed by atoms with van der Waals surface area (Å²) in [5.41, 5.74) is 1.50. The van der Waals surface area contributed by atoms with Crippen LogP contribution >= 0.6 is 15.9 Å². The van der Waals surface area contributed by atoms with E-state index in [9.17, 15) is 14.7 Å². The lowest BCUT2D eigenvalue weighted by Crippen LogP contribution is -2.56. The van der Waals surface area contributed by atoms with Crippen LogP contribution in [-0.2, 0) is 15.8 Å². The molecule has 1 amide bonds. The summed E-state index contributed by atoms with van der Waals surface area (Å²) in [4.78, 5) is 34.9. The molecule has 31 heavy (non-hydrogen) atoms. The average Bonchev–Trinajstić information content (AvgIpc) is 3.06. The molecule has 1 aliphatic rings. The Labute approximate surface area is 192 Å². The lowest BCUT2D eigenvalue weighted by Gasteiger charge is -2.45. The molecule has 1 saturated heterocycles. The monoisotopic (exact) mass is 510 g/mol. The number of aromatic nitrogens is 3. The number of carbonyl (C=O) groups is 2. The minimum Gasteiger partial charge on any atom is -0.465 e. The van der Waals surface area contributed by atoms with Gasteiger partial charge in [0.05, 0.1) is 30.5 Å². The zero-order valence-corrected chi connectivity index (χ0v) is 21.3. The molecule has 170 valence electrons. The van der Waals surface area contributed by atoms with Gasteiger partial charge < -0.3 is 19.0 Å². The van der Waals surface area contributed by atoms with Gasteiger partial charge in [0, 0.05) is 19.2 Å². The van der Waals surface area contributed by atoms with Gasteiger partial charge in [-0.2, -0.15) is 0 Å². The van der Waals surface area contributed by atoms with Crippen molar-refractivity contribution in [2.45, 2.75) is 76.9 Å². The molecular formula is C21H31BrN4O4Si. The van der Waals surface area contributed by atoms with E-state index in [-0.39, 0.29) is 29.9 Å². The number of carbonyl (C=O) groups excluding carboxylic acids is 1. The van der Waals surface area contributed by atoms with Crippen molar-refractivity contribution in [1.29, 1.82) is 0 Å². The van der Waals surface area contributed by atoms with Crippen LogP contribution in [0.2, 0.25) is 18.1 Å². The van der Waals surface area contributed by atoms with E-state index in [2.05, 4.69) is 59.8 Å². The van der Waals surface area contributed by atoms with Crippen LogP contribution in [0.5, 0.6) is 0 Å². The minimum atomic E-state index is -2.11. The molecule has 2 atom stereocenters. The highest BCUT2D eigenvalue weighted by molar-refractivity contribution is 9.10. The van der Waals surface area contributed by atoms with Crippen LogP contribution in [0.1, 0.15) is 40.0 Å². The molecule has 1 N–H and O–H groups in total. The van der Waals surface area contributed by atoms with Crippen LogP contribution in [0.4, 0.5) is 4.79 Å². The minimum absolute atomic E-state index is 0.00417. The number of hydrogen-bond donors (Lipinski definition) is 1. The second-order valence-corrected chi connectivity index (χ2v) is 15.2. The third kappa shape index (κ3) is 5.18. The smallest absolute Gasteiger partial charge is 0.407 e. The summed E-state index contributed by atoms with van der Waals surface area (Å²) in [6, 6.07) is 1.34. The van der Waals surface area contributed by atoms with Crippen molar-refractivity contribution in [2.75, 3.05) is 6.54 Å². The van der Waals surface area contributed by atoms with E-state index < -0.39 is 20.5 Å². The lowest BCUT2D eigenvalue weighted by molar-refractivity contribution is -0.122. The first-order chi connectivity index (χ1) is 14.4. The van der Waals surface area contributed by atoms with Crippen molar-refractivity contribution in [1.82, 2.24) is 19.4 Å². The van der Waals surface area contributed by atoms with E-state index in [1.165, 1.54) is 4.90 Å². The van der Waals surface area contributed by atoms with Crippen LogP contribution in [0.3, 0.4) is 0 Å². The Kier molecular flexibility index (Phi) is 6.92. The number of pyridine rings is 1. The maximum atomic E-state index is 13.0. The Bertz CT molecular complexity index is 972. The SMILES string of the molecule is CC(C)(C)[Si](C)(C)O[C@H]1CCCN(C(=O)O)[C@@H]1CC(=O)Cn1cnc2c(Br)nccc21. The normalized spacial score (nSPS) is 20.3. The van der Waals surface area contributed by atoms with Gasteiger partial charge in [0.25, 0.3) is 0 Å². The average molecular weight is 511 g/mol. The second kappa shape index (κ2) is 8.99. The molecule has 0 bridgehead atoms. The van der Waals surface area contributed by atoms with Crippen molar-refractivity contribution in [3.63, 3.8) is 0 Å². The number of amides is 1. The molecule has 0 aliphatic carbocycles. The van der Waals surface area contributed by atoms with E-state index in [0.717, 1.165) is 18.4 Å². The predicted molar refractivity (Wildman–Crippen MR) is 125 cm³/mol. The van der Waals surface area contributed by atoms with E-state index >= 15 is 0 Å². The Morgan fingerprint density at radius 1 is 1.32 bits per heavy atom. The van der Waals surface area contributed by atoms with Gasteiger partial charge in [-0.05, 0) is 53.0 Å². The summed E-state index contributed by atoms with van der Waals surface area (Å²) in [5, 5.41) is 9.77. The van der Waals surface area contributed by atoms with Gasteiger partial charge >= 0.3 is 6.09 Å². The standard InChI is InChI=1S/C21H31BrN4O4Si/c1-21(2,3)31(4,5)30-17-7-6-10-26(20(28)29)16(17)11-14(27)12-25-13-24-18-15(25)8-9-23-19(18)22/h8-9,13,16-17H,6-7,10-12H2,1-5H3,(H,28,29)/t16-,17+/m1/s1. The van der Waals surface area contributed by atoms with Gasteiger partial charge in [-0.3, -0.25) is 4.79 Å².